The summed E-state index contributed by atoms with van der Waals surface area (Å²) in [6.45, 7) is 10.3. The number of hydrogen-bond acceptors (Lipinski definition) is 1. The second kappa shape index (κ2) is 33.6. The molecule has 6 aromatic carbocycles. The molecule has 2 unspecified atom stereocenters. The molecule has 0 amide bonds. The van der Waals surface area contributed by atoms with Gasteiger partial charge < -0.3 is 4.79 Å². The largest absolute Gasteiger partial charge is 0.0746 e. The monoisotopic (exact) mass is 937 g/mol. The molecule has 1 aliphatic carbocycles. The van der Waals surface area contributed by atoms with Crippen LogP contribution < -0.4 is 31.8 Å². The summed E-state index contributed by atoms with van der Waals surface area (Å²) < 4.78 is 15.0. The van der Waals surface area contributed by atoms with E-state index in [2.05, 4.69) is 195 Å². The van der Waals surface area contributed by atoms with Crippen molar-refractivity contribution < 1.29 is 35.2 Å². The van der Waals surface area contributed by atoms with E-state index in [-0.39, 0.29) is 52.8 Å². The van der Waals surface area contributed by atoms with Gasteiger partial charge in [-0.3, -0.25) is 6.29 Å². The molecule has 8 heteroatoms. The van der Waals surface area contributed by atoms with E-state index in [0.29, 0.717) is 0 Å². The van der Waals surface area contributed by atoms with Gasteiger partial charge >= 0.3 is 22.6 Å². The van der Waals surface area contributed by atoms with Crippen LogP contribution in [0.1, 0.15) is 39.0 Å². The van der Waals surface area contributed by atoms with Gasteiger partial charge in [-0.05, 0) is 84.6 Å². The van der Waals surface area contributed by atoms with Crippen molar-refractivity contribution in [2.75, 3.05) is 37.0 Å². The molecule has 1 fully saturated rings. The summed E-state index contributed by atoms with van der Waals surface area (Å²) in [5, 5.41) is 9.10. The van der Waals surface area contributed by atoms with Gasteiger partial charge in [0.1, 0.15) is 0 Å². The summed E-state index contributed by atoms with van der Waals surface area (Å²) in [4.78, 5) is 8.68. The molecule has 6 aromatic rings. The third-order valence-electron chi connectivity index (χ3n) is 9.59. The molecule has 0 aliphatic heterocycles. The van der Waals surface area contributed by atoms with Crippen LogP contribution in [0.3, 0.4) is 0 Å². The van der Waals surface area contributed by atoms with E-state index in [9.17, 15) is 0 Å². The van der Waals surface area contributed by atoms with E-state index < -0.39 is 0 Å². The van der Waals surface area contributed by atoms with Gasteiger partial charge in [0.05, 0.1) is 0 Å². The Morgan fingerprint density at radius 2 is 0.542 bits per heavy atom. The van der Waals surface area contributed by atoms with Crippen LogP contribution >= 0.6 is 31.7 Å². The smallest absolute Gasteiger partial charge is 0 e. The molecule has 59 heavy (non-hydrogen) atoms. The first-order valence-corrected chi connectivity index (χ1v) is 26.3. The van der Waals surface area contributed by atoms with Gasteiger partial charge in [0.25, 0.3) is 0 Å². The van der Waals surface area contributed by atoms with E-state index in [0.717, 1.165) is 0 Å². The van der Waals surface area contributed by atoms with Crippen molar-refractivity contribution in [1.29, 1.82) is 0 Å². The molecular formula is C51H55MoO3P4-. The molecule has 304 valence electrons. The zero-order valence-corrected chi connectivity index (χ0v) is 39.6. The maximum atomic E-state index is 8.68. The molecule has 1 aliphatic rings. The summed E-state index contributed by atoms with van der Waals surface area (Å²) in [7, 11) is -1.31. The van der Waals surface area contributed by atoms with E-state index >= 15 is 0 Å². The zero-order valence-electron chi connectivity index (χ0n) is 34.0. The first-order chi connectivity index (χ1) is 28.8. The fourth-order valence-electron chi connectivity index (χ4n) is 6.83. The van der Waals surface area contributed by atoms with Gasteiger partial charge in [0.2, 0.25) is 0 Å². The number of rotatable bonds is 15. The molecule has 0 spiro atoms. The van der Waals surface area contributed by atoms with E-state index in [1.165, 1.54) is 104 Å². The molecule has 7 rings (SSSR count). The van der Waals surface area contributed by atoms with Crippen LogP contribution in [0.15, 0.2) is 182 Å². The first kappa shape index (κ1) is 52.0. The average molecular weight is 936 g/mol. The first-order valence-electron chi connectivity index (χ1n) is 19.8. The molecule has 1 saturated carbocycles. The second-order valence-electron chi connectivity index (χ2n) is 13.3. The van der Waals surface area contributed by atoms with Crippen molar-refractivity contribution in [1.82, 2.24) is 0 Å². The molecule has 0 heterocycles. The zero-order chi connectivity index (χ0) is 41.5. The van der Waals surface area contributed by atoms with Crippen molar-refractivity contribution >= 4 is 69.8 Å². The SMILES string of the molecule is C1CCCC1.C[C-]=O.[C-]#[O+].[C-]#[O+].[Mo].c1ccc(P(CCP(CCP(c2ccccc2)c2ccccc2)c2ccccc2)CCP(c2ccccc2)c2ccccc2)cc1. The van der Waals surface area contributed by atoms with Crippen LogP contribution in [0.5, 0.6) is 0 Å². The number of hydrogen-bond donors (Lipinski definition) is 0. The predicted molar refractivity (Wildman–Crippen MR) is 256 cm³/mol. The Balaban J connectivity index is 0.000000817. The van der Waals surface area contributed by atoms with Crippen LogP contribution in [-0.2, 0) is 35.2 Å². The molecular weight excluding hydrogens is 880 g/mol. The van der Waals surface area contributed by atoms with Gasteiger partial charge in [-0.15, -0.1) is 0 Å². The van der Waals surface area contributed by atoms with Crippen LogP contribution in [0, 0.1) is 13.3 Å². The van der Waals surface area contributed by atoms with Crippen LogP contribution in [0.25, 0.3) is 0 Å². The van der Waals surface area contributed by atoms with E-state index in [4.69, 9.17) is 14.1 Å². The molecule has 2 atom stereocenters. The predicted octanol–water partition coefficient (Wildman–Crippen LogP) is 10.9. The normalized spacial score (nSPS) is 12.2. The van der Waals surface area contributed by atoms with Gasteiger partial charge in [-0.1, -0.05) is 230 Å². The van der Waals surface area contributed by atoms with E-state index in [1.54, 1.807) is 10.6 Å². The molecule has 0 N–H and O–H groups in total. The van der Waals surface area contributed by atoms with Crippen LogP contribution in [0.2, 0.25) is 0 Å². The van der Waals surface area contributed by atoms with Gasteiger partial charge in [0.15, 0.2) is 0 Å². The Bertz CT molecular complexity index is 1710. The topological polar surface area (TPSA) is 56.9 Å². The van der Waals surface area contributed by atoms with Crippen LogP contribution in [-0.4, -0.2) is 43.3 Å². The Hall–Kier alpha value is -3.12. The third kappa shape index (κ3) is 19.4. The molecule has 0 saturated heterocycles. The van der Waals surface area contributed by atoms with Crippen molar-refractivity contribution in [3.8, 4) is 0 Å². The van der Waals surface area contributed by atoms with Gasteiger partial charge in [-0.2, -0.15) is 6.92 Å². The quantitative estimate of drug-likeness (QED) is 0.0438. The molecule has 0 bridgehead atoms. The summed E-state index contributed by atoms with van der Waals surface area (Å²) in [5.41, 5.74) is 0. The Kier molecular flexibility index (Phi) is 29.6. The van der Waals surface area contributed by atoms with Gasteiger partial charge in [-0.25, -0.2) is 0 Å². The third-order valence-corrected chi connectivity index (χ3v) is 20.8. The fraction of sp³-hybridized carbons (Fsp3) is 0.235. The summed E-state index contributed by atoms with van der Waals surface area (Å²) in [6, 6.07) is 67.9. The minimum Gasteiger partial charge on any atom is -0.0746 e. The van der Waals surface area contributed by atoms with Crippen molar-refractivity contribution in [3.05, 3.63) is 195 Å². The average Bonchev–Trinajstić information content (AvgIpc) is 3.91. The second-order valence-corrected chi connectivity index (χ2v) is 22.9. The Morgan fingerprint density at radius 1 is 0.373 bits per heavy atom. The van der Waals surface area contributed by atoms with Crippen molar-refractivity contribution in [2.45, 2.75) is 39.0 Å². The number of benzene rings is 6. The summed E-state index contributed by atoms with van der Waals surface area (Å²) in [6.07, 6.45) is 16.6. The molecule has 0 aromatic heterocycles. The summed E-state index contributed by atoms with van der Waals surface area (Å²) >= 11 is 0. The minimum atomic E-state index is -0.386. The standard InChI is InChI=1S/C42H42P4.C5H10.C2H3O.2CO.Mo/c1-7-19-37(20-8-1)43(33-35-45(39-23-11-3-12-24-39)40-25-13-4-14-26-40)31-32-44(38-21-9-2-10-22-38)34-36-46(41-27-15-5-16-28-41)42-29-17-6-18-30-42;1-2-4-5-3-1;1-2-3;2*1-2;/h1-30H,31-36H2;1-5H2;1H3;;;/q;;-1;;;. The maximum Gasteiger partial charge on any atom is 0 e. The molecule has 0 radical (unpaired) electrons. The number of carbonyl (C=O) groups excluding carboxylic acids is 1. The Labute approximate surface area is 374 Å². The van der Waals surface area contributed by atoms with Crippen molar-refractivity contribution in [3.63, 3.8) is 0 Å². The van der Waals surface area contributed by atoms with Crippen LogP contribution in [0.4, 0.5) is 0 Å². The summed E-state index contributed by atoms with van der Waals surface area (Å²) in [5.74, 6) is 0. The van der Waals surface area contributed by atoms with Crippen molar-refractivity contribution in [2.24, 2.45) is 0 Å². The molecule has 3 nitrogen and oxygen atoms in total. The fourth-order valence-corrected chi connectivity index (χ4v) is 18.7. The van der Waals surface area contributed by atoms with E-state index in [1.807, 2.05) is 0 Å². The maximum absolute atomic E-state index is 8.68. The Morgan fingerprint density at radius 3 is 0.746 bits per heavy atom. The van der Waals surface area contributed by atoms with Gasteiger partial charge in [0, 0.05) is 21.1 Å². The minimum absolute atomic E-state index is 0.